The van der Waals surface area contributed by atoms with Gasteiger partial charge in [0.15, 0.2) is 0 Å². The first-order chi connectivity index (χ1) is 9.22. The molecule has 0 atom stereocenters. The average molecular weight is 272 g/mol. The second-order valence-corrected chi connectivity index (χ2v) is 6.74. The molecule has 1 N–H and O–H groups in total. The van der Waals surface area contributed by atoms with Gasteiger partial charge in [-0.25, -0.2) is 4.98 Å². The summed E-state index contributed by atoms with van der Waals surface area (Å²) in [6.45, 7) is 6.34. The molecule has 1 saturated carbocycles. The van der Waals surface area contributed by atoms with Crippen LogP contribution < -0.4 is 5.32 Å². The molecule has 100 valence electrons. The van der Waals surface area contributed by atoms with Crippen LogP contribution in [-0.2, 0) is 6.54 Å². The summed E-state index contributed by atoms with van der Waals surface area (Å²) in [5.74, 6) is 0.928. The summed E-state index contributed by atoms with van der Waals surface area (Å²) in [5, 5.41) is 4.72. The first-order valence-corrected chi connectivity index (χ1v) is 7.78. The molecule has 0 aliphatic heterocycles. The van der Waals surface area contributed by atoms with Gasteiger partial charge in [0.05, 0.1) is 5.69 Å². The first kappa shape index (κ1) is 12.8. The molecule has 1 aliphatic carbocycles. The highest BCUT2D eigenvalue weighted by Gasteiger charge is 2.20. The monoisotopic (exact) mass is 272 g/mol. The molecule has 19 heavy (non-hydrogen) atoms. The molecule has 2 nitrogen and oxygen atoms in total. The third-order valence-corrected chi connectivity index (χ3v) is 4.54. The molecule has 0 bridgehead atoms. The topological polar surface area (TPSA) is 24.9 Å². The third-order valence-electron chi connectivity index (χ3n) is 3.57. The Morgan fingerprint density at radius 3 is 2.63 bits per heavy atom. The number of hydrogen-bond donors (Lipinski definition) is 1. The lowest BCUT2D eigenvalue weighted by Gasteiger charge is -2.00. The van der Waals surface area contributed by atoms with E-state index >= 15 is 0 Å². The van der Waals surface area contributed by atoms with Gasteiger partial charge in [-0.15, -0.1) is 11.3 Å². The van der Waals surface area contributed by atoms with Crippen LogP contribution in [0.3, 0.4) is 0 Å². The molecule has 0 unspecified atom stereocenters. The number of aromatic nitrogens is 1. The number of thiazole rings is 1. The largest absolute Gasteiger partial charge is 0.310 e. The van der Waals surface area contributed by atoms with Gasteiger partial charge in [0.2, 0.25) is 0 Å². The van der Waals surface area contributed by atoms with E-state index in [4.69, 9.17) is 4.98 Å². The molecule has 1 heterocycles. The third kappa shape index (κ3) is 3.23. The van der Waals surface area contributed by atoms with E-state index in [9.17, 15) is 0 Å². The number of hydrogen-bond acceptors (Lipinski definition) is 3. The lowest BCUT2D eigenvalue weighted by molar-refractivity contribution is 0.637. The fourth-order valence-electron chi connectivity index (χ4n) is 2.21. The maximum atomic E-state index is 4.78. The van der Waals surface area contributed by atoms with Gasteiger partial charge in [-0.05, 0) is 39.2 Å². The van der Waals surface area contributed by atoms with Gasteiger partial charge in [0.25, 0.3) is 0 Å². The van der Waals surface area contributed by atoms with Gasteiger partial charge >= 0.3 is 0 Å². The molecule has 1 fully saturated rings. The number of aryl methyl sites for hydroxylation is 2. The van der Waals surface area contributed by atoms with Crippen molar-refractivity contribution in [3.05, 3.63) is 39.7 Å². The Balaban J connectivity index is 1.70. The normalized spacial score (nSPS) is 14.8. The lowest BCUT2D eigenvalue weighted by Crippen LogP contribution is -2.15. The van der Waals surface area contributed by atoms with Crippen molar-refractivity contribution in [2.45, 2.75) is 33.2 Å². The highest BCUT2D eigenvalue weighted by molar-refractivity contribution is 7.12. The van der Waals surface area contributed by atoms with Gasteiger partial charge in [0.1, 0.15) is 5.01 Å². The second kappa shape index (κ2) is 5.43. The summed E-state index contributed by atoms with van der Waals surface area (Å²) in [5.41, 5.74) is 3.67. The van der Waals surface area contributed by atoms with Crippen molar-refractivity contribution in [3.8, 4) is 11.3 Å². The fraction of sp³-hybridized carbons (Fsp3) is 0.438. The maximum Gasteiger partial charge on any atom is 0.107 e. The van der Waals surface area contributed by atoms with Gasteiger partial charge in [0, 0.05) is 17.0 Å². The lowest BCUT2D eigenvalue weighted by atomic mass is 10.1. The summed E-state index contributed by atoms with van der Waals surface area (Å²) in [7, 11) is 0. The average Bonchev–Trinajstić information content (AvgIpc) is 3.14. The van der Waals surface area contributed by atoms with E-state index in [-0.39, 0.29) is 0 Å². The summed E-state index contributed by atoms with van der Waals surface area (Å²) in [6.07, 6.45) is 2.80. The van der Waals surface area contributed by atoms with Gasteiger partial charge in [-0.3, -0.25) is 0 Å². The van der Waals surface area contributed by atoms with E-state index in [2.05, 4.69) is 43.4 Å². The van der Waals surface area contributed by atoms with E-state index < -0.39 is 0 Å². The Kier molecular flexibility index (Phi) is 3.67. The van der Waals surface area contributed by atoms with E-state index in [1.165, 1.54) is 33.9 Å². The Bertz CT molecular complexity index is 553. The van der Waals surface area contributed by atoms with Crippen LogP contribution in [0, 0.1) is 19.8 Å². The predicted octanol–water partition coefficient (Wildman–Crippen LogP) is 3.93. The summed E-state index contributed by atoms with van der Waals surface area (Å²) in [4.78, 5) is 6.10. The van der Waals surface area contributed by atoms with Crippen LogP contribution in [0.15, 0.2) is 24.3 Å². The standard InChI is InChI=1S/C16H20N2S/c1-11-3-7-14(8-4-11)16-12(2)19-15(18-16)10-17-9-13-5-6-13/h3-4,7-8,13,17H,5-6,9-10H2,1-2H3. The number of rotatable bonds is 5. The predicted molar refractivity (Wildman–Crippen MR) is 81.5 cm³/mol. The van der Waals surface area contributed by atoms with Crippen molar-refractivity contribution in [2.24, 2.45) is 5.92 Å². The molecule has 3 rings (SSSR count). The van der Waals surface area contributed by atoms with Crippen molar-refractivity contribution >= 4 is 11.3 Å². The SMILES string of the molecule is Cc1ccc(-c2nc(CNCC3CC3)sc2C)cc1. The molecule has 0 amide bonds. The van der Waals surface area contributed by atoms with Crippen molar-refractivity contribution in [1.29, 1.82) is 0 Å². The Labute approximate surface area is 118 Å². The summed E-state index contributed by atoms with van der Waals surface area (Å²) >= 11 is 1.81. The Morgan fingerprint density at radius 1 is 1.21 bits per heavy atom. The molecular formula is C16H20N2S. The van der Waals surface area contributed by atoms with Crippen LogP contribution in [0.25, 0.3) is 11.3 Å². The van der Waals surface area contributed by atoms with Crippen molar-refractivity contribution < 1.29 is 0 Å². The van der Waals surface area contributed by atoms with Gasteiger partial charge in [-0.1, -0.05) is 29.8 Å². The Hall–Kier alpha value is -1.19. The molecule has 3 heteroatoms. The summed E-state index contributed by atoms with van der Waals surface area (Å²) < 4.78 is 0. The van der Waals surface area contributed by atoms with Crippen LogP contribution in [0.5, 0.6) is 0 Å². The molecule has 2 aromatic rings. The number of nitrogens with one attached hydrogen (secondary N) is 1. The van der Waals surface area contributed by atoms with E-state index in [0.29, 0.717) is 0 Å². The number of benzene rings is 1. The smallest absolute Gasteiger partial charge is 0.107 e. The minimum Gasteiger partial charge on any atom is -0.310 e. The molecular weight excluding hydrogens is 252 g/mol. The van der Waals surface area contributed by atoms with Crippen LogP contribution in [0.1, 0.15) is 28.3 Å². The van der Waals surface area contributed by atoms with Crippen LogP contribution in [0.2, 0.25) is 0 Å². The quantitative estimate of drug-likeness (QED) is 0.892. The van der Waals surface area contributed by atoms with Crippen LogP contribution in [0.4, 0.5) is 0 Å². The molecule has 1 aliphatic rings. The minimum atomic E-state index is 0.911. The van der Waals surface area contributed by atoms with Crippen molar-refractivity contribution in [2.75, 3.05) is 6.54 Å². The number of nitrogens with zero attached hydrogens (tertiary/aromatic N) is 1. The fourth-order valence-corrected chi connectivity index (χ4v) is 3.14. The highest BCUT2D eigenvalue weighted by Crippen LogP contribution is 2.29. The molecule has 1 aromatic carbocycles. The molecule has 0 spiro atoms. The zero-order valence-corrected chi connectivity index (χ0v) is 12.4. The van der Waals surface area contributed by atoms with Crippen molar-refractivity contribution in [1.82, 2.24) is 10.3 Å². The van der Waals surface area contributed by atoms with E-state index in [1.54, 1.807) is 0 Å². The highest BCUT2D eigenvalue weighted by atomic mass is 32.1. The molecule has 0 saturated heterocycles. The van der Waals surface area contributed by atoms with Crippen molar-refractivity contribution in [3.63, 3.8) is 0 Å². The van der Waals surface area contributed by atoms with Gasteiger partial charge < -0.3 is 5.32 Å². The molecule has 1 aromatic heterocycles. The van der Waals surface area contributed by atoms with Crippen LogP contribution >= 0.6 is 11.3 Å². The second-order valence-electron chi connectivity index (χ2n) is 5.45. The zero-order valence-electron chi connectivity index (χ0n) is 11.6. The maximum absolute atomic E-state index is 4.78. The molecule has 0 radical (unpaired) electrons. The van der Waals surface area contributed by atoms with E-state index in [0.717, 1.165) is 24.7 Å². The first-order valence-electron chi connectivity index (χ1n) is 6.96. The Morgan fingerprint density at radius 2 is 1.95 bits per heavy atom. The summed E-state index contributed by atoms with van der Waals surface area (Å²) in [6, 6.07) is 8.63. The minimum absolute atomic E-state index is 0.911. The zero-order chi connectivity index (χ0) is 13.2. The van der Waals surface area contributed by atoms with E-state index in [1.807, 2.05) is 11.3 Å². The van der Waals surface area contributed by atoms with Crippen LogP contribution in [-0.4, -0.2) is 11.5 Å². The van der Waals surface area contributed by atoms with Gasteiger partial charge in [-0.2, -0.15) is 0 Å².